The predicted octanol–water partition coefficient (Wildman–Crippen LogP) is 3.33. The van der Waals surface area contributed by atoms with Crippen LogP contribution in [0.25, 0.3) is 0 Å². The average molecular weight is 364 g/mol. The minimum absolute atomic E-state index is 0.0428. The number of carboxylic acid groups (broad SMARTS) is 1. The number of nitrogens with one attached hydrogen (secondary N) is 2. The molecule has 0 aliphatic rings. The predicted molar refractivity (Wildman–Crippen MR) is 97.3 cm³/mol. The average Bonchev–Trinajstić information content (AvgIpc) is 2.57. The van der Waals surface area contributed by atoms with Crippen LogP contribution in [0.15, 0.2) is 42.5 Å². The van der Waals surface area contributed by atoms with Crippen LogP contribution in [0.4, 0.5) is 11.4 Å². The Hall–Kier alpha value is -2.74. The highest BCUT2D eigenvalue weighted by molar-refractivity contribution is 7.73. The van der Waals surface area contributed by atoms with Gasteiger partial charge >= 0.3 is 5.97 Å². The monoisotopic (exact) mass is 364 g/mol. The number of hydrogen-bond donors (Lipinski definition) is 4. The number of carbonyl (C=O) groups is 1. The van der Waals surface area contributed by atoms with Gasteiger partial charge in [0.15, 0.2) is 5.75 Å². The summed E-state index contributed by atoms with van der Waals surface area (Å²) in [6, 6.07) is 11.5. The molecule has 0 aliphatic carbocycles. The van der Waals surface area contributed by atoms with Gasteiger partial charge in [0, 0.05) is 6.54 Å². The lowest BCUT2D eigenvalue weighted by Gasteiger charge is -2.17. The molecule has 0 unspecified atom stereocenters. The van der Waals surface area contributed by atoms with Gasteiger partial charge in [-0.15, -0.1) is 0 Å². The molecular formula is C17H20N2O5S. The molecule has 25 heavy (non-hydrogen) atoms. The van der Waals surface area contributed by atoms with E-state index in [2.05, 4.69) is 10.0 Å². The van der Waals surface area contributed by atoms with Crippen LogP contribution >= 0.6 is 0 Å². The van der Waals surface area contributed by atoms with Crippen LogP contribution in [0.3, 0.4) is 0 Å². The molecule has 134 valence electrons. The molecule has 2 rings (SSSR count). The van der Waals surface area contributed by atoms with Crippen LogP contribution < -0.4 is 14.8 Å². The minimum atomic E-state index is -2.98. The molecule has 2 aromatic rings. The van der Waals surface area contributed by atoms with Gasteiger partial charge in [-0.2, -0.15) is 0 Å². The summed E-state index contributed by atoms with van der Waals surface area (Å²) in [5, 5.41) is 12.4. The highest BCUT2D eigenvalue weighted by Crippen LogP contribution is 2.38. The van der Waals surface area contributed by atoms with Gasteiger partial charge in [-0.25, -0.2) is 13.2 Å². The van der Waals surface area contributed by atoms with Crippen LogP contribution in [0.5, 0.6) is 11.5 Å². The van der Waals surface area contributed by atoms with Crippen molar-refractivity contribution < 1.29 is 23.1 Å². The Bertz CT molecular complexity index is 798. The first kappa shape index (κ1) is 18.6. The Morgan fingerprint density at radius 2 is 1.84 bits per heavy atom. The maximum atomic E-state index is 11.3. The highest BCUT2D eigenvalue weighted by atomic mass is 32.2. The summed E-state index contributed by atoms with van der Waals surface area (Å²) >= 11 is 0. The summed E-state index contributed by atoms with van der Waals surface area (Å²) in [6.07, 6.45) is 1.83. The number of benzene rings is 2. The fourth-order valence-corrected chi connectivity index (χ4v) is 2.54. The maximum absolute atomic E-state index is 11.3. The van der Waals surface area contributed by atoms with E-state index in [0.717, 1.165) is 12.8 Å². The lowest BCUT2D eigenvalue weighted by molar-refractivity contribution is 0.0697. The number of carboxylic acids is 1. The Morgan fingerprint density at radius 1 is 1.16 bits per heavy atom. The molecule has 0 spiro atoms. The molecule has 3 N–H and O–H groups in total. The largest absolute Gasteiger partial charge is 0.478 e. The Morgan fingerprint density at radius 3 is 2.44 bits per heavy atom. The summed E-state index contributed by atoms with van der Waals surface area (Å²) in [6.45, 7) is 2.64. The van der Waals surface area contributed by atoms with Crippen molar-refractivity contribution >= 4 is 28.2 Å². The van der Waals surface area contributed by atoms with Crippen LogP contribution in [0.2, 0.25) is 0 Å². The quantitative estimate of drug-likeness (QED) is 0.402. The second-order valence-corrected chi connectivity index (χ2v) is 6.01. The summed E-state index contributed by atoms with van der Waals surface area (Å²) in [4.78, 5) is 11.3. The lowest BCUT2D eigenvalue weighted by Crippen LogP contribution is -2.08. The van der Waals surface area contributed by atoms with Crippen LogP contribution in [-0.4, -0.2) is 26.0 Å². The van der Waals surface area contributed by atoms with E-state index in [1.54, 1.807) is 24.3 Å². The fraction of sp³-hybridized carbons (Fsp3) is 0.235. The fourth-order valence-electron chi connectivity index (χ4n) is 2.18. The van der Waals surface area contributed by atoms with Gasteiger partial charge in [0.2, 0.25) is 10.9 Å². The van der Waals surface area contributed by atoms with Gasteiger partial charge in [-0.05, 0) is 30.7 Å². The third-order valence-electron chi connectivity index (χ3n) is 3.36. The molecule has 0 atom stereocenters. The number of rotatable bonds is 9. The number of hydrogen-bond acceptors (Lipinski definition) is 5. The zero-order chi connectivity index (χ0) is 18.2. The molecule has 2 aromatic carbocycles. The van der Waals surface area contributed by atoms with Crippen molar-refractivity contribution in [2.75, 3.05) is 16.6 Å². The number of anilines is 2. The zero-order valence-electron chi connectivity index (χ0n) is 13.7. The van der Waals surface area contributed by atoms with E-state index < -0.39 is 16.9 Å². The number of para-hydroxylation sites is 1. The maximum Gasteiger partial charge on any atom is 0.335 e. The smallest absolute Gasteiger partial charge is 0.335 e. The molecule has 7 nitrogen and oxygen atoms in total. The van der Waals surface area contributed by atoms with E-state index in [1.807, 2.05) is 13.0 Å². The molecule has 0 heterocycles. The normalized spacial score (nSPS) is 10.5. The molecule has 0 aromatic heterocycles. The van der Waals surface area contributed by atoms with Gasteiger partial charge in [-0.3, -0.25) is 4.72 Å². The van der Waals surface area contributed by atoms with Crippen molar-refractivity contribution in [3.05, 3.63) is 48.0 Å². The second-order valence-electron chi connectivity index (χ2n) is 5.27. The minimum Gasteiger partial charge on any atom is -0.478 e. The van der Waals surface area contributed by atoms with Crippen molar-refractivity contribution in [1.29, 1.82) is 0 Å². The molecule has 0 amide bonds. The first-order chi connectivity index (χ1) is 12.0. The van der Waals surface area contributed by atoms with Crippen LogP contribution in [0, 0.1) is 0 Å². The van der Waals surface area contributed by atoms with Gasteiger partial charge in [0.1, 0.15) is 5.75 Å². The van der Waals surface area contributed by atoms with Crippen molar-refractivity contribution in [2.45, 2.75) is 19.8 Å². The molecule has 0 saturated carbocycles. The molecule has 0 radical (unpaired) electrons. The van der Waals surface area contributed by atoms with Crippen molar-refractivity contribution in [2.24, 2.45) is 0 Å². The van der Waals surface area contributed by atoms with E-state index in [-0.39, 0.29) is 17.0 Å². The third kappa shape index (κ3) is 5.39. The summed E-state index contributed by atoms with van der Waals surface area (Å²) < 4.78 is 30.3. The van der Waals surface area contributed by atoms with Crippen LogP contribution in [0.1, 0.15) is 30.1 Å². The number of ether oxygens (including phenoxy) is 1. The summed E-state index contributed by atoms with van der Waals surface area (Å²) in [5.74, 6) is -0.422. The van der Waals surface area contributed by atoms with Gasteiger partial charge in [-0.1, -0.05) is 31.5 Å². The Labute approximate surface area is 147 Å². The first-order valence-electron chi connectivity index (χ1n) is 7.80. The van der Waals surface area contributed by atoms with E-state index >= 15 is 0 Å². The SMILES string of the molecule is CCCCNc1cc(C(=O)O)cc(N[SH](=O)=O)c1Oc1ccccc1. The van der Waals surface area contributed by atoms with Crippen molar-refractivity contribution in [1.82, 2.24) is 0 Å². The zero-order valence-corrected chi connectivity index (χ0v) is 14.6. The molecular weight excluding hydrogens is 344 g/mol. The lowest BCUT2D eigenvalue weighted by atomic mass is 10.1. The van der Waals surface area contributed by atoms with E-state index in [1.165, 1.54) is 12.1 Å². The van der Waals surface area contributed by atoms with Crippen molar-refractivity contribution in [3.8, 4) is 11.5 Å². The standard InChI is InChI=1S/C17H20N2O5S/c1-2-3-9-18-14-10-12(17(20)21)11-15(19-25(22)23)16(14)24-13-7-5-4-6-8-13/h4-8,10-11,18,25H,2-3,9H2,1H3,(H,20,21)(H,19,22,23). The summed E-state index contributed by atoms with van der Waals surface area (Å²) in [5.41, 5.74) is 0.439. The highest BCUT2D eigenvalue weighted by Gasteiger charge is 2.17. The molecule has 8 heteroatoms. The first-order valence-corrected chi connectivity index (χ1v) is 8.98. The van der Waals surface area contributed by atoms with Gasteiger partial charge in [0.25, 0.3) is 0 Å². The Kier molecular flexibility index (Phi) is 6.64. The molecule has 0 aliphatic heterocycles. The van der Waals surface area contributed by atoms with E-state index in [9.17, 15) is 18.3 Å². The Balaban J connectivity index is 2.50. The molecule has 0 bridgehead atoms. The number of unbranched alkanes of at least 4 members (excludes halogenated alkanes) is 1. The van der Waals surface area contributed by atoms with E-state index in [0.29, 0.717) is 18.0 Å². The number of thiol groups is 1. The second kappa shape index (κ2) is 8.93. The third-order valence-corrected chi connectivity index (χ3v) is 3.78. The van der Waals surface area contributed by atoms with Gasteiger partial charge < -0.3 is 15.2 Å². The molecule has 0 fully saturated rings. The summed E-state index contributed by atoms with van der Waals surface area (Å²) in [7, 11) is -2.98. The number of aromatic carboxylic acids is 1. The topological polar surface area (TPSA) is 105 Å². The van der Waals surface area contributed by atoms with Gasteiger partial charge in [0.05, 0.1) is 16.9 Å². The van der Waals surface area contributed by atoms with E-state index in [4.69, 9.17) is 4.74 Å². The molecule has 0 saturated heterocycles. The van der Waals surface area contributed by atoms with Crippen molar-refractivity contribution in [3.63, 3.8) is 0 Å². The van der Waals surface area contributed by atoms with Crippen LogP contribution in [-0.2, 0) is 10.9 Å².